The van der Waals surface area contributed by atoms with Crippen LogP contribution in [0.5, 0.6) is 5.75 Å². The molecule has 0 saturated carbocycles. The number of anilines is 1. The minimum Gasteiger partial charge on any atom is -0.497 e. The maximum Gasteiger partial charge on any atom is 0.263 e. The largest absolute Gasteiger partial charge is 0.497 e. The smallest absolute Gasteiger partial charge is 0.263 e. The van der Waals surface area contributed by atoms with Crippen molar-refractivity contribution in [2.24, 2.45) is 0 Å². The number of carbonyl (C=O) groups is 1. The third kappa shape index (κ3) is 3.46. The Labute approximate surface area is 128 Å². The van der Waals surface area contributed by atoms with E-state index in [1.54, 1.807) is 7.11 Å². The van der Waals surface area contributed by atoms with Crippen LogP contribution in [0.3, 0.4) is 0 Å². The van der Waals surface area contributed by atoms with E-state index in [9.17, 15) is 4.79 Å². The zero-order chi connectivity index (χ0) is 15.4. The summed E-state index contributed by atoms with van der Waals surface area (Å²) in [4.78, 5) is 14.9. The van der Waals surface area contributed by atoms with Gasteiger partial charge in [-0.15, -0.1) is 11.3 Å². The van der Waals surface area contributed by atoms with Crippen LogP contribution in [0.25, 0.3) is 10.1 Å². The lowest BCUT2D eigenvalue weighted by atomic mass is 10.2. The van der Waals surface area contributed by atoms with Crippen molar-refractivity contribution in [3.63, 3.8) is 0 Å². The van der Waals surface area contributed by atoms with E-state index >= 15 is 0 Å². The molecule has 114 valence electrons. The van der Waals surface area contributed by atoms with Gasteiger partial charge in [0.1, 0.15) is 10.6 Å². The maximum atomic E-state index is 12.2. The quantitative estimate of drug-likeness (QED) is 0.858. The number of carbonyl (C=O) groups excluding carboxylic acids is 1. The van der Waals surface area contributed by atoms with E-state index in [2.05, 4.69) is 17.1 Å². The van der Waals surface area contributed by atoms with Crippen LogP contribution in [-0.2, 0) is 0 Å². The summed E-state index contributed by atoms with van der Waals surface area (Å²) in [6.07, 6.45) is 0. The van der Waals surface area contributed by atoms with Crippen molar-refractivity contribution in [3.8, 4) is 5.75 Å². The molecule has 2 aromatic rings. The summed E-state index contributed by atoms with van der Waals surface area (Å²) >= 11 is 1.40. The van der Waals surface area contributed by atoms with Gasteiger partial charge in [-0.25, -0.2) is 0 Å². The molecule has 1 amide bonds. The second-order valence-electron chi connectivity index (χ2n) is 4.86. The number of fused-ring (bicyclic) bond motifs is 1. The summed E-state index contributed by atoms with van der Waals surface area (Å²) in [5.74, 6) is 0.650. The summed E-state index contributed by atoms with van der Waals surface area (Å²) in [5.41, 5.74) is 6.63. The number of benzene rings is 1. The number of hydrogen-bond acceptors (Lipinski definition) is 5. The van der Waals surface area contributed by atoms with Gasteiger partial charge < -0.3 is 20.7 Å². The first kappa shape index (κ1) is 15.6. The number of methoxy groups -OCH3 is 1. The van der Waals surface area contributed by atoms with Crippen molar-refractivity contribution in [2.45, 2.75) is 6.92 Å². The normalized spacial score (nSPS) is 11.0. The minimum absolute atomic E-state index is 0.114. The lowest BCUT2D eigenvalue weighted by Crippen LogP contribution is -2.32. The Kier molecular flexibility index (Phi) is 5.03. The molecular formula is C15H21N3O2S. The predicted molar refractivity (Wildman–Crippen MR) is 88.3 cm³/mol. The number of thiophene rings is 1. The zero-order valence-electron chi connectivity index (χ0n) is 12.6. The van der Waals surface area contributed by atoms with Crippen molar-refractivity contribution in [1.82, 2.24) is 10.2 Å². The van der Waals surface area contributed by atoms with E-state index in [-0.39, 0.29) is 5.91 Å². The van der Waals surface area contributed by atoms with Crippen LogP contribution < -0.4 is 15.8 Å². The van der Waals surface area contributed by atoms with E-state index in [0.29, 0.717) is 17.1 Å². The fraction of sp³-hybridized carbons (Fsp3) is 0.400. The molecule has 0 spiro atoms. The highest BCUT2D eigenvalue weighted by molar-refractivity contribution is 7.21. The Balaban J connectivity index is 2.14. The monoisotopic (exact) mass is 307 g/mol. The van der Waals surface area contributed by atoms with Crippen LogP contribution in [0, 0.1) is 0 Å². The number of ether oxygens (including phenoxy) is 1. The van der Waals surface area contributed by atoms with Crippen molar-refractivity contribution in [1.29, 1.82) is 0 Å². The van der Waals surface area contributed by atoms with Gasteiger partial charge in [-0.2, -0.15) is 0 Å². The minimum atomic E-state index is -0.114. The number of nitrogens with zero attached hydrogens (tertiary/aromatic N) is 1. The molecule has 0 atom stereocenters. The number of hydrogen-bond donors (Lipinski definition) is 2. The zero-order valence-corrected chi connectivity index (χ0v) is 13.4. The van der Waals surface area contributed by atoms with Gasteiger partial charge in [-0.05, 0) is 31.8 Å². The maximum absolute atomic E-state index is 12.2. The molecular weight excluding hydrogens is 286 g/mol. The highest BCUT2D eigenvalue weighted by Gasteiger charge is 2.16. The predicted octanol–water partition coefficient (Wildman–Crippen LogP) is 2.17. The fourth-order valence-corrected chi connectivity index (χ4v) is 3.06. The highest BCUT2D eigenvalue weighted by Crippen LogP contribution is 2.35. The molecule has 21 heavy (non-hydrogen) atoms. The third-order valence-corrected chi connectivity index (χ3v) is 4.63. The molecule has 0 aliphatic heterocycles. The standard InChI is InChI=1S/C15H21N3O2S/c1-4-18(2)8-7-17-15(19)14-13(16)11-6-5-10(20-3)9-12(11)21-14/h5-6,9H,4,7-8,16H2,1-3H3,(H,17,19). The highest BCUT2D eigenvalue weighted by atomic mass is 32.1. The molecule has 6 heteroatoms. The van der Waals surface area contributed by atoms with Gasteiger partial charge in [0.15, 0.2) is 0 Å². The van der Waals surface area contributed by atoms with E-state index < -0.39 is 0 Å². The van der Waals surface area contributed by atoms with Gasteiger partial charge in [-0.3, -0.25) is 4.79 Å². The molecule has 0 radical (unpaired) electrons. The van der Waals surface area contributed by atoms with Crippen molar-refractivity contribution < 1.29 is 9.53 Å². The van der Waals surface area contributed by atoms with Gasteiger partial charge >= 0.3 is 0 Å². The van der Waals surface area contributed by atoms with E-state index in [4.69, 9.17) is 10.5 Å². The summed E-state index contributed by atoms with van der Waals surface area (Å²) in [7, 11) is 3.64. The molecule has 0 aliphatic rings. The number of likely N-dealkylation sites (N-methyl/N-ethyl adjacent to an activating group) is 1. The topological polar surface area (TPSA) is 67.6 Å². The average Bonchev–Trinajstić information content (AvgIpc) is 2.83. The van der Waals surface area contributed by atoms with Gasteiger partial charge in [0.05, 0.1) is 12.8 Å². The Bertz CT molecular complexity index is 639. The number of nitrogen functional groups attached to an aromatic ring is 1. The summed E-state index contributed by atoms with van der Waals surface area (Å²) in [6.45, 7) is 4.47. The van der Waals surface area contributed by atoms with Crippen molar-refractivity contribution in [2.75, 3.05) is 39.5 Å². The average molecular weight is 307 g/mol. The number of rotatable bonds is 6. The van der Waals surface area contributed by atoms with Crippen LogP contribution in [0.1, 0.15) is 16.6 Å². The van der Waals surface area contributed by atoms with E-state index in [1.165, 1.54) is 11.3 Å². The fourth-order valence-electron chi connectivity index (χ4n) is 1.99. The third-order valence-electron chi connectivity index (χ3n) is 3.46. The number of nitrogens with one attached hydrogen (secondary N) is 1. The Morgan fingerprint density at radius 1 is 1.48 bits per heavy atom. The summed E-state index contributed by atoms with van der Waals surface area (Å²) in [6, 6.07) is 5.64. The molecule has 3 N–H and O–H groups in total. The van der Waals surface area contributed by atoms with Gasteiger partial charge in [0, 0.05) is 23.2 Å². The number of nitrogens with two attached hydrogens (primary N) is 1. The van der Waals surface area contributed by atoms with Gasteiger partial charge in [0.2, 0.25) is 0 Å². The van der Waals surface area contributed by atoms with Crippen LogP contribution >= 0.6 is 11.3 Å². The molecule has 0 fully saturated rings. The molecule has 0 saturated heterocycles. The Morgan fingerprint density at radius 3 is 2.90 bits per heavy atom. The van der Waals surface area contributed by atoms with Crippen LogP contribution in [0.4, 0.5) is 5.69 Å². The van der Waals surface area contributed by atoms with Gasteiger partial charge in [-0.1, -0.05) is 6.92 Å². The second-order valence-corrected chi connectivity index (χ2v) is 5.91. The first-order chi connectivity index (χ1) is 10.1. The second kappa shape index (κ2) is 6.78. The molecule has 5 nitrogen and oxygen atoms in total. The van der Waals surface area contributed by atoms with Crippen LogP contribution in [0.2, 0.25) is 0 Å². The molecule has 0 bridgehead atoms. The van der Waals surface area contributed by atoms with Crippen molar-refractivity contribution >= 4 is 33.0 Å². The first-order valence-electron chi connectivity index (χ1n) is 6.89. The molecule has 0 unspecified atom stereocenters. The first-order valence-corrected chi connectivity index (χ1v) is 7.71. The lowest BCUT2D eigenvalue weighted by molar-refractivity contribution is 0.0955. The van der Waals surface area contributed by atoms with Crippen LogP contribution in [0.15, 0.2) is 18.2 Å². The van der Waals surface area contributed by atoms with E-state index in [1.807, 2.05) is 25.2 Å². The summed E-state index contributed by atoms with van der Waals surface area (Å²) < 4.78 is 6.16. The van der Waals surface area contributed by atoms with Crippen LogP contribution in [-0.4, -0.2) is 44.6 Å². The SMILES string of the molecule is CCN(C)CCNC(=O)c1sc2cc(OC)ccc2c1N. The molecule has 1 aromatic carbocycles. The lowest BCUT2D eigenvalue weighted by Gasteiger charge is -2.13. The van der Waals surface area contributed by atoms with Crippen molar-refractivity contribution in [3.05, 3.63) is 23.1 Å². The van der Waals surface area contributed by atoms with Gasteiger partial charge in [0.25, 0.3) is 5.91 Å². The molecule has 1 aromatic heterocycles. The Morgan fingerprint density at radius 2 is 2.24 bits per heavy atom. The Hall–Kier alpha value is -1.79. The molecule has 0 aliphatic carbocycles. The molecule has 1 heterocycles. The number of amides is 1. The summed E-state index contributed by atoms with van der Waals surface area (Å²) in [5, 5.41) is 3.81. The van der Waals surface area contributed by atoms with E-state index in [0.717, 1.165) is 28.9 Å². The molecule has 2 rings (SSSR count).